The highest BCUT2D eigenvalue weighted by Crippen LogP contribution is 2.20. The van der Waals surface area contributed by atoms with Gasteiger partial charge in [0.2, 0.25) is 0 Å². The van der Waals surface area contributed by atoms with E-state index in [2.05, 4.69) is 4.90 Å². The molecule has 0 bridgehead atoms. The van der Waals surface area contributed by atoms with E-state index in [1.54, 1.807) is 13.8 Å². The fourth-order valence-electron chi connectivity index (χ4n) is 2.02. The number of hydrogen-bond donors (Lipinski definition) is 1. The van der Waals surface area contributed by atoms with Crippen LogP contribution in [0.25, 0.3) is 0 Å². The first-order chi connectivity index (χ1) is 7.44. The van der Waals surface area contributed by atoms with Crippen LogP contribution >= 0.6 is 0 Å². The van der Waals surface area contributed by atoms with Crippen LogP contribution in [0.3, 0.4) is 0 Å². The lowest BCUT2D eigenvalue weighted by molar-refractivity contribution is -0.148. The molecule has 1 heterocycles. The van der Waals surface area contributed by atoms with Gasteiger partial charge in [-0.05, 0) is 46.6 Å². The van der Waals surface area contributed by atoms with Crippen molar-refractivity contribution in [2.45, 2.75) is 51.7 Å². The minimum absolute atomic E-state index is 0.0951. The number of nitrogens with zero attached hydrogens (tertiary/aromatic N) is 1. The van der Waals surface area contributed by atoms with Crippen LogP contribution in [-0.4, -0.2) is 47.3 Å². The van der Waals surface area contributed by atoms with Crippen molar-refractivity contribution in [2.24, 2.45) is 0 Å². The summed E-state index contributed by atoms with van der Waals surface area (Å²) in [4.78, 5) is 13.8. The molecule has 1 saturated heterocycles. The topological polar surface area (TPSA) is 49.8 Å². The van der Waals surface area contributed by atoms with E-state index < -0.39 is 5.60 Å². The highest BCUT2D eigenvalue weighted by atomic mass is 16.5. The zero-order chi connectivity index (χ0) is 12.2. The van der Waals surface area contributed by atoms with Gasteiger partial charge >= 0.3 is 5.97 Å². The zero-order valence-electron chi connectivity index (χ0n) is 10.5. The average Bonchev–Trinajstić information content (AvgIpc) is 2.61. The quantitative estimate of drug-likeness (QED) is 0.719. The Bertz CT molecular complexity index is 235. The molecule has 4 heteroatoms. The number of hydrogen-bond acceptors (Lipinski definition) is 4. The van der Waals surface area contributed by atoms with Crippen LogP contribution < -0.4 is 0 Å². The Kier molecular flexibility index (Phi) is 4.74. The van der Waals surface area contributed by atoms with Crippen molar-refractivity contribution in [3.05, 3.63) is 0 Å². The smallest absolute Gasteiger partial charge is 0.323 e. The molecule has 0 saturated carbocycles. The summed E-state index contributed by atoms with van der Waals surface area (Å²) in [6, 6.07) is -0.0951. The standard InChI is InChI=1S/C12H23NO3/c1-4-16-11(14)10-6-5-8-13(10)9-7-12(2,3)15/h10,15H,4-9H2,1-3H3. The van der Waals surface area contributed by atoms with Gasteiger partial charge < -0.3 is 9.84 Å². The highest BCUT2D eigenvalue weighted by molar-refractivity contribution is 5.76. The molecule has 1 aliphatic rings. The Morgan fingerprint density at radius 2 is 2.25 bits per heavy atom. The predicted octanol–water partition coefficient (Wildman–Crippen LogP) is 1.17. The molecule has 0 spiro atoms. The van der Waals surface area contributed by atoms with E-state index in [9.17, 15) is 9.90 Å². The van der Waals surface area contributed by atoms with Crippen LogP contribution in [0, 0.1) is 0 Å². The van der Waals surface area contributed by atoms with Crippen LogP contribution in [0.5, 0.6) is 0 Å². The van der Waals surface area contributed by atoms with Crippen LogP contribution in [-0.2, 0) is 9.53 Å². The molecule has 0 radical (unpaired) electrons. The van der Waals surface area contributed by atoms with Gasteiger partial charge in [0.05, 0.1) is 12.2 Å². The van der Waals surface area contributed by atoms with Gasteiger partial charge in [-0.15, -0.1) is 0 Å². The van der Waals surface area contributed by atoms with Gasteiger partial charge in [-0.1, -0.05) is 0 Å². The summed E-state index contributed by atoms with van der Waals surface area (Å²) in [5.41, 5.74) is -0.665. The zero-order valence-corrected chi connectivity index (χ0v) is 10.5. The molecule has 0 aromatic rings. The van der Waals surface area contributed by atoms with Gasteiger partial charge in [-0.25, -0.2) is 0 Å². The number of esters is 1. The number of carbonyl (C=O) groups is 1. The molecular weight excluding hydrogens is 206 g/mol. The van der Waals surface area contributed by atoms with Gasteiger partial charge in [-0.2, -0.15) is 0 Å². The van der Waals surface area contributed by atoms with Crippen LogP contribution in [0.15, 0.2) is 0 Å². The molecule has 94 valence electrons. The number of aliphatic hydroxyl groups is 1. The summed E-state index contributed by atoms with van der Waals surface area (Å²) in [6.07, 6.45) is 2.60. The van der Waals surface area contributed by atoms with Crippen LogP contribution in [0.2, 0.25) is 0 Å². The molecular formula is C12H23NO3. The van der Waals surface area contributed by atoms with E-state index >= 15 is 0 Å². The van der Waals surface area contributed by atoms with Crippen molar-refractivity contribution < 1.29 is 14.6 Å². The molecule has 0 aromatic carbocycles. The maximum atomic E-state index is 11.7. The molecule has 0 aromatic heterocycles. The number of rotatable bonds is 5. The van der Waals surface area contributed by atoms with Crippen molar-refractivity contribution >= 4 is 5.97 Å². The molecule has 1 aliphatic heterocycles. The minimum atomic E-state index is -0.665. The Morgan fingerprint density at radius 1 is 1.56 bits per heavy atom. The Labute approximate surface area is 97.6 Å². The molecule has 16 heavy (non-hydrogen) atoms. The monoisotopic (exact) mass is 229 g/mol. The SMILES string of the molecule is CCOC(=O)C1CCCN1CCC(C)(C)O. The first kappa shape index (κ1) is 13.5. The molecule has 1 N–H and O–H groups in total. The number of carbonyl (C=O) groups excluding carboxylic acids is 1. The summed E-state index contributed by atoms with van der Waals surface area (Å²) < 4.78 is 5.04. The highest BCUT2D eigenvalue weighted by Gasteiger charge is 2.32. The maximum absolute atomic E-state index is 11.7. The minimum Gasteiger partial charge on any atom is -0.465 e. The Morgan fingerprint density at radius 3 is 2.81 bits per heavy atom. The van der Waals surface area contributed by atoms with Crippen molar-refractivity contribution in [1.82, 2.24) is 4.90 Å². The second kappa shape index (κ2) is 5.64. The van der Waals surface area contributed by atoms with Gasteiger partial charge in [0.1, 0.15) is 6.04 Å². The third kappa shape index (κ3) is 4.10. The van der Waals surface area contributed by atoms with E-state index in [0.717, 1.165) is 25.9 Å². The first-order valence-electron chi connectivity index (χ1n) is 6.07. The van der Waals surface area contributed by atoms with Crippen molar-refractivity contribution in [2.75, 3.05) is 19.7 Å². The third-order valence-corrected chi connectivity index (χ3v) is 2.93. The lowest BCUT2D eigenvalue weighted by atomic mass is 10.1. The van der Waals surface area contributed by atoms with Crippen LogP contribution in [0.1, 0.15) is 40.0 Å². The predicted molar refractivity (Wildman–Crippen MR) is 62.1 cm³/mol. The maximum Gasteiger partial charge on any atom is 0.323 e. The average molecular weight is 229 g/mol. The van der Waals surface area contributed by atoms with Gasteiger partial charge in [-0.3, -0.25) is 9.69 Å². The Balaban J connectivity index is 2.43. The molecule has 1 fully saturated rings. The van der Waals surface area contributed by atoms with Crippen LogP contribution in [0.4, 0.5) is 0 Å². The molecule has 1 atom stereocenters. The Hall–Kier alpha value is -0.610. The van der Waals surface area contributed by atoms with Crippen molar-refractivity contribution in [3.63, 3.8) is 0 Å². The van der Waals surface area contributed by atoms with Crippen molar-refractivity contribution in [3.8, 4) is 0 Å². The van der Waals surface area contributed by atoms with Gasteiger partial charge in [0.15, 0.2) is 0 Å². The third-order valence-electron chi connectivity index (χ3n) is 2.93. The van der Waals surface area contributed by atoms with E-state index in [0.29, 0.717) is 13.0 Å². The molecule has 1 rings (SSSR count). The summed E-state index contributed by atoms with van der Waals surface area (Å²) in [5, 5.41) is 9.66. The largest absolute Gasteiger partial charge is 0.465 e. The lowest BCUT2D eigenvalue weighted by Gasteiger charge is -2.26. The summed E-state index contributed by atoms with van der Waals surface area (Å²) in [6.45, 7) is 7.54. The van der Waals surface area contributed by atoms with E-state index in [1.807, 2.05) is 6.92 Å². The summed E-state index contributed by atoms with van der Waals surface area (Å²) in [7, 11) is 0. The fraction of sp³-hybridized carbons (Fsp3) is 0.917. The fourth-order valence-corrected chi connectivity index (χ4v) is 2.02. The van der Waals surface area contributed by atoms with Gasteiger partial charge in [0, 0.05) is 6.54 Å². The number of ether oxygens (including phenoxy) is 1. The second-order valence-corrected chi connectivity index (χ2v) is 5.01. The molecule has 0 aliphatic carbocycles. The van der Waals surface area contributed by atoms with E-state index in [1.165, 1.54) is 0 Å². The first-order valence-corrected chi connectivity index (χ1v) is 6.07. The summed E-state index contributed by atoms with van der Waals surface area (Å²) in [5.74, 6) is -0.115. The lowest BCUT2D eigenvalue weighted by Crippen LogP contribution is -2.40. The van der Waals surface area contributed by atoms with E-state index in [4.69, 9.17) is 4.74 Å². The normalized spacial score (nSPS) is 22.4. The van der Waals surface area contributed by atoms with E-state index in [-0.39, 0.29) is 12.0 Å². The van der Waals surface area contributed by atoms with Gasteiger partial charge in [0.25, 0.3) is 0 Å². The van der Waals surface area contributed by atoms with Crippen molar-refractivity contribution in [1.29, 1.82) is 0 Å². The number of likely N-dealkylation sites (tertiary alicyclic amines) is 1. The second-order valence-electron chi connectivity index (χ2n) is 5.01. The molecule has 1 unspecified atom stereocenters. The molecule has 4 nitrogen and oxygen atoms in total. The molecule has 0 amide bonds. The summed E-state index contributed by atoms with van der Waals surface area (Å²) >= 11 is 0.